The molecule has 2 aromatic rings. The maximum atomic E-state index is 13.2. The molecule has 1 fully saturated rings. The highest BCUT2D eigenvalue weighted by Crippen LogP contribution is 2.28. The van der Waals surface area contributed by atoms with Crippen molar-refractivity contribution in [2.75, 3.05) is 13.1 Å². The van der Waals surface area contributed by atoms with Gasteiger partial charge in [-0.15, -0.1) is 0 Å². The first-order chi connectivity index (χ1) is 12.0. The van der Waals surface area contributed by atoms with Crippen molar-refractivity contribution in [3.63, 3.8) is 0 Å². The zero-order valence-electron chi connectivity index (χ0n) is 15.0. The smallest absolute Gasteiger partial charge is 0.306 e. The summed E-state index contributed by atoms with van der Waals surface area (Å²) in [5.41, 5.74) is 2.90. The van der Waals surface area contributed by atoms with Crippen LogP contribution in [0.15, 0.2) is 24.3 Å². The number of carboxylic acids is 1. The second kappa shape index (κ2) is 7.30. The Morgan fingerprint density at radius 1 is 1.20 bits per heavy atom. The molecule has 1 N–H and O–H groups in total. The summed E-state index contributed by atoms with van der Waals surface area (Å²) in [6.07, 6.45) is 3.17. The molecule has 0 bridgehead atoms. The number of benzene rings is 1. The van der Waals surface area contributed by atoms with Gasteiger partial charge in [0.1, 0.15) is 5.69 Å². The van der Waals surface area contributed by atoms with Crippen molar-refractivity contribution in [3.8, 4) is 0 Å². The Balaban J connectivity index is 1.93. The Hall–Kier alpha value is -2.30. The lowest BCUT2D eigenvalue weighted by Gasteiger charge is -2.30. The molecule has 25 heavy (non-hydrogen) atoms. The van der Waals surface area contributed by atoms with Crippen molar-refractivity contribution < 1.29 is 14.7 Å². The highest BCUT2D eigenvalue weighted by molar-refractivity contribution is 6.01. The van der Waals surface area contributed by atoms with Gasteiger partial charge in [0.2, 0.25) is 0 Å². The van der Waals surface area contributed by atoms with Crippen molar-refractivity contribution in [2.45, 2.75) is 46.1 Å². The number of para-hydroxylation sites is 1. The molecule has 1 aliphatic rings. The molecule has 5 heteroatoms. The first kappa shape index (κ1) is 17.5. The number of aromatic nitrogens is 1. The van der Waals surface area contributed by atoms with Crippen molar-refractivity contribution >= 4 is 22.8 Å². The average Bonchev–Trinajstić information content (AvgIpc) is 2.91. The number of aryl methyl sites for hydroxylation is 2. The molecular formula is C20H26N2O3. The van der Waals surface area contributed by atoms with Crippen LogP contribution in [0.2, 0.25) is 0 Å². The molecule has 5 nitrogen and oxygen atoms in total. The van der Waals surface area contributed by atoms with E-state index in [2.05, 4.69) is 23.6 Å². The summed E-state index contributed by atoms with van der Waals surface area (Å²) >= 11 is 0. The molecule has 1 aliphatic heterocycles. The number of hydrogen-bond acceptors (Lipinski definition) is 2. The fourth-order valence-corrected chi connectivity index (χ4v) is 3.78. The number of aliphatic carboxylic acids is 1. The van der Waals surface area contributed by atoms with Gasteiger partial charge >= 0.3 is 5.97 Å². The lowest BCUT2D eigenvalue weighted by molar-refractivity contribution is -0.143. The maximum absolute atomic E-state index is 13.2. The third-order valence-electron chi connectivity index (χ3n) is 5.29. The van der Waals surface area contributed by atoms with Crippen LogP contribution in [0, 0.1) is 12.8 Å². The van der Waals surface area contributed by atoms with Gasteiger partial charge < -0.3 is 14.6 Å². The van der Waals surface area contributed by atoms with E-state index >= 15 is 0 Å². The van der Waals surface area contributed by atoms with Crippen LogP contribution in [-0.4, -0.2) is 39.5 Å². The molecular weight excluding hydrogens is 316 g/mol. The van der Waals surface area contributed by atoms with Crippen molar-refractivity contribution in [2.24, 2.45) is 5.92 Å². The molecule has 3 rings (SSSR count). The number of rotatable bonds is 5. The van der Waals surface area contributed by atoms with Crippen LogP contribution >= 0.6 is 0 Å². The maximum Gasteiger partial charge on any atom is 0.306 e. The topological polar surface area (TPSA) is 62.5 Å². The summed E-state index contributed by atoms with van der Waals surface area (Å²) < 4.78 is 2.15. The number of nitrogens with zero attached hydrogens (tertiary/aromatic N) is 2. The van der Waals surface area contributed by atoms with Gasteiger partial charge in [-0.25, -0.2) is 0 Å². The minimum atomic E-state index is -0.750. The standard InChI is InChI=1S/C20H26N2O3/c1-3-4-11-22-17-8-6-5-7-16(17)14(2)18(22)19(23)21-12-9-15(10-13-21)20(24)25/h5-8,15H,3-4,9-13H2,1-2H3,(H,24,25). The molecule has 134 valence electrons. The van der Waals surface area contributed by atoms with E-state index in [1.807, 2.05) is 24.0 Å². The number of carboxylic acid groups (broad SMARTS) is 1. The summed E-state index contributed by atoms with van der Waals surface area (Å²) in [6.45, 7) is 6.03. The molecule has 2 heterocycles. The van der Waals surface area contributed by atoms with E-state index in [-0.39, 0.29) is 11.8 Å². The number of piperidine rings is 1. The summed E-state index contributed by atoms with van der Waals surface area (Å²) in [4.78, 5) is 26.2. The summed E-state index contributed by atoms with van der Waals surface area (Å²) in [5.74, 6) is -1.04. The Kier molecular flexibility index (Phi) is 5.11. The van der Waals surface area contributed by atoms with Crippen LogP contribution in [0.5, 0.6) is 0 Å². The van der Waals surface area contributed by atoms with E-state index in [4.69, 9.17) is 5.11 Å². The molecule has 0 unspecified atom stereocenters. The van der Waals surface area contributed by atoms with Gasteiger partial charge in [0.05, 0.1) is 5.92 Å². The minimum absolute atomic E-state index is 0.0358. The highest BCUT2D eigenvalue weighted by atomic mass is 16.4. The van der Waals surface area contributed by atoms with E-state index in [1.165, 1.54) is 0 Å². The fourth-order valence-electron chi connectivity index (χ4n) is 3.78. The number of unbranched alkanes of at least 4 members (excludes halogenated alkanes) is 1. The van der Waals surface area contributed by atoms with Crippen LogP contribution in [0.1, 0.15) is 48.7 Å². The zero-order chi connectivity index (χ0) is 18.0. The van der Waals surface area contributed by atoms with Crippen molar-refractivity contribution in [3.05, 3.63) is 35.5 Å². The number of amides is 1. The number of fused-ring (bicyclic) bond motifs is 1. The number of likely N-dealkylation sites (tertiary alicyclic amines) is 1. The second-order valence-corrected chi connectivity index (χ2v) is 6.90. The first-order valence-corrected chi connectivity index (χ1v) is 9.14. The SMILES string of the molecule is CCCCn1c(C(=O)N2CCC(C(=O)O)CC2)c(C)c2ccccc21. The van der Waals surface area contributed by atoms with E-state index in [0.717, 1.165) is 41.5 Å². The Bertz CT molecular complexity index is 786. The van der Waals surface area contributed by atoms with E-state index in [9.17, 15) is 9.59 Å². The van der Waals surface area contributed by atoms with Gasteiger partial charge in [0.25, 0.3) is 5.91 Å². The minimum Gasteiger partial charge on any atom is -0.481 e. The van der Waals surface area contributed by atoms with Crippen LogP contribution in [-0.2, 0) is 11.3 Å². The molecule has 1 amide bonds. The third kappa shape index (κ3) is 3.28. The summed E-state index contributed by atoms with van der Waals surface area (Å²) in [7, 11) is 0. The van der Waals surface area contributed by atoms with Crippen molar-refractivity contribution in [1.29, 1.82) is 0 Å². The van der Waals surface area contributed by atoms with Gasteiger partial charge in [-0.05, 0) is 37.8 Å². The zero-order valence-corrected chi connectivity index (χ0v) is 15.0. The third-order valence-corrected chi connectivity index (χ3v) is 5.29. The molecule has 0 radical (unpaired) electrons. The fraction of sp³-hybridized carbons (Fsp3) is 0.500. The summed E-state index contributed by atoms with van der Waals surface area (Å²) in [5, 5.41) is 10.3. The first-order valence-electron chi connectivity index (χ1n) is 9.14. The molecule has 0 atom stereocenters. The Morgan fingerprint density at radius 2 is 1.88 bits per heavy atom. The van der Waals surface area contributed by atoms with Crippen LogP contribution in [0.4, 0.5) is 0 Å². The van der Waals surface area contributed by atoms with Gasteiger partial charge in [-0.1, -0.05) is 31.5 Å². The largest absolute Gasteiger partial charge is 0.481 e. The predicted molar refractivity (Wildman–Crippen MR) is 97.8 cm³/mol. The van der Waals surface area contributed by atoms with Gasteiger partial charge in [0.15, 0.2) is 0 Å². The normalized spacial score (nSPS) is 15.7. The van der Waals surface area contributed by atoms with Gasteiger partial charge in [0, 0.05) is 30.5 Å². The lowest BCUT2D eigenvalue weighted by atomic mass is 9.97. The molecule has 1 aromatic heterocycles. The molecule has 1 saturated heterocycles. The van der Waals surface area contributed by atoms with Gasteiger partial charge in [-0.3, -0.25) is 9.59 Å². The molecule has 0 saturated carbocycles. The lowest BCUT2D eigenvalue weighted by Crippen LogP contribution is -2.41. The monoisotopic (exact) mass is 342 g/mol. The Labute approximate surface area is 148 Å². The molecule has 0 spiro atoms. The quantitative estimate of drug-likeness (QED) is 0.901. The number of carbonyl (C=O) groups excluding carboxylic acids is 1. The number of carbonyl (C=O) groups is 2. The van der Waals surface area contributed by atoms with Crippen LogP contribution in [0.3, 0.4) is 0 Å². The van der Waals surface area contributed by atoms with Crippen molar-refractivity contribution in [1.82, 2.24) is 9.47 Å². The van der Waals surface area contributed by atoms with Crippen LogP contribution < -0.4 is 0 Å². The molecule has 1 aromatic carbocycles. The Morgan fingerprint density at radius 3 is 2.52 bits per heavy atom. The molecule has 0 aliphatic carbocycles. The summed E-state index contributed by atoms with van der Waals surface area (Å²) in [6, 6.07) is 8.16. The predicted octanol–water partition coefficient (Wildman–Crippen LogP) is 3.69. The van der Waals surface area contributed by atoms with Crippen LogP contribution in [0.25, 0.3) is 10.9 Å². The average molecular weight is 342 g/mol. The van der Waals surface area contributed by atoms with E-state index < -0.39 is 5.97 Å². The second-order valence-electron chi connectivity index (χ2n) is 6.90. The van der Waals surface area contributed by atoms with E-state index in [1.54, 1.807) is 0 Å². The highest BCUT2D eigenvalue weighted by Gasteiger charge is 2.30. The van der Waals surface area contributed by atoms with E-state index in [0.29, 0.717) is 25.9 Å². The number of hydrogen-bond donors (Lipinski definition) is 1. The van der Waals surface area contributed by atoms with Gasteiger partial charge in [-0.2, -0.15) is 0 Å².